The van der Waals surface area contributed by atoms with Crippen LogP contribution < -0.4 is 11.1 Å². The number of pyridine rings is 1. The van der Waals surface area contributed by atoms with Crippen molar-refractivity contribution in [3.8, 4) is 0 Å². The monoisotopic (exact) mass is 213 g/mol. The van der Waals surface area contributed by atoms with Gasteiger partial charge in [0.2, 0.25) is 0 Å². The molecule has 1 rings (SSSR count). The molecule has 1 aromatic rings. The molecule has 0 fully saturated rings. The molecule has 0 bridgehead atoms. The maximum atomic E-state index is 5.74. The van der Waals surface area contributed by atoms with Crippen LogP contribution in [0.2, 0.25) is 5.02 Å². The highest BCUT2D eigenvalue weighted by Gasteiger charge is 2.03. The lowest BCUT2D eigenvalue weighted by atomic mass is 10.1. The third kappa shape index (κ3) is 3.07. The minimum atomic E-state index is 0.566. The summed E-state index contributed by atoms with van der Waals surface area (Å²) in [5, 5.41) is 3.76. The van der Waals surface area contributed by atoms with Crippen molar-refractivity contribution in [3.63, 3.8) is 0 Å². The first-order valence-corrected chi connectivity index (χ1v) is 5.16. The van der Waals surface area contributed by atoms with Crippen molar-refractivity contribution in [3.05, 3.63) is 17.3 Å². The fourth-order valence-corrected chi connectivity index (χ4v) is 1.18. The Bertz CT molecular complexity index is 301. The van der Waals surface area contributed by atoms with Gasteiger partial charge in [-0.1, -0.05) is 31.9 Å². The zero-order chi connectivity index (χ0) is 10.6. The Morgan fingerprint density at radius 3 is 2.93 bits per heavy atom. The standard InChI is InChI=1S/C10H16ClN3/c1-3-7(2)5-13-10-9(12)4-8(11)6-14-10/h4,6-7H,3,5,12H2,1-2H3,(H,13,14). The molecule has 0 spiro atoms. The maximum Gasteiger partial charge on any atom is 0.149 e. The van der Waals surface area contributed by atoms with E-state index in [0.717, 1.165) is 18.8 Å². The molecule has 78 valence electrons. The van der Waals surface area contributed by atoms with E-state index in [1.807, 2.05) is 0 Å². The van der Waals surface area contributed by atoms with Crippen molar-refractivity contribution >= 4 is 23.1 Å². The molecule has 4 heteroatoms. The van der Waals surface area contributed by atoms with Crippen LogP contribution in [0, 0.1) is 5.92 Å². The van der Waals surface area contributed by atoms with E-state index in [0.29, 0.717) is 16.6 Å². The molecular formula is C10H16ClN3. The first kappa shape index (κ1) is 11.1. The fourth-order valence-electron chi connectivity index (χ4n) is 1.02. The van der Waals surface area contributed by atoms with E-state index in [-0.39, 0.29) is 0 Å². The molecule has 1 heterocycles. The Morgan fingerprint density at radius 2 is 2.36 bits per heavy atom. The number of nitrogens with zero attached hydrogens (tertiary/aromatic N) is 1. The summed E-state index contributed by atoms with van der Waals surface area (Å²) in [7, 11) is 0. The van der Waals surface area contributed by atoms with Crippen LogP contribution in [-0.4, -0.2) is 11.5 Å². The topological polar surface area (TPSA) is 50.9 Å². The molecule has 0 aliphatic rings. The second-order valence-electron chi connectivity index (χ2n) is 3.49. The Hall–Kier alpha value is -0.960. The van der Waals surface area contributed by atoms with E-state index in [4.69, 9.17) is 17.3 Å². The summed E-state index contributed by atoms with van der Waals surface area (Å²) < 4.78 is 0. The van der Waals surface area contributed by atoms with Gasteiger partial charge < -0.3 is 11.1 Å². The molecule has 0 aromatic carbocycles. The Balaban J connectivity index is 2.59. The molecule has 1 atom stereocenters. The molecule has 0 aliphatic carbocycles. The van der Waals surface area contributed by atoms with Crippen LogP contribution >= 0.6 is 11.6 Å². The zero-order valence-corrected chi connectivity index (χ0v) is 9.30. The molecule has 0 aliphatic heterocycles. The highest BCUT2D eigenvalue weighted by molar-refractivity contribution is 6.30. The molecule has 1 unspecified atom stereocenters. The van der Waals surface area contributed by atoms with Crippen molar-refractivity contribution in [1.82, 2.24) is 4.98 Å². The van der Waals surface area contributed by atoms with Gasteiger partial charge in [-0.05, 0) is 12.0 Å². The number of hydrogen-bond donors (Lipinski definition) is 2. The summed E-state index contributed by atoms with van der Waals surface area (Å²) in [6, 6.07) is 1.70. The molecule has 14 heavy (non-hydrogen) atoms. The van der Waals surface area contributed by atoms with Crippen molar-refractivity contribution in [2.24, 2.45) is 5.92 Å². The van der Waals surface area contributed by atoms with Crippen LogP contribution in [0.3, 0.4) is 0 Å². The van der Waals surface area contributed by atoms with Gasteiger partial charge in [0.15, 0.2) is 0 Å². The van der Waals surface area contributed by atoms with E-state index in [1.165, 1.54) is 0 Å². The minimum Gasteiger partial charge on any atom is -0.396 e. The van der Waals surface area contributed by atoms with Crippen LogP contribution in [0.1, 0.15) is 20.3 Å². The minimum absolute atomic E-state index is 0.566. The van der Waals surface area contributed by atoms with Crippen molar-refractivity contribution in [2.45, 2.75) is 20.3 Å². The molecule has 3 nitrogen and oxygen atoms in total. The van der Waals surface area contributed by atoms with Gasteiger partial charge in [0, 0.05) is 12.7 Å². The maximum absolute atomic E-state index is 5.74. The first-order chi connectivity index (χ1) is 6.63. The fraction of sp³-hybridized carbons (Fsp3) is 0.500. The number of hydrogen-bond acceptors (Lipinski definition) is 3. The average molecular weight is 214 g/mol. The van der Waals surface area contributed by atoms with Crippen LogP contribution in [0.4, 0.5) is 11.5 Å². The molecule has 0 saturated heterocycles. The number of anilines is 2. The lowest BCUT2D eigenvalue weighted by Crippen LogP contribution is -2.12. The lowest BCUT2D eigenvalue weighted by molar-refractivity contribution is 0.592. The zero-order valence-electron chi connectivity index (χ0n) is 8.55. The van der Waals surface area contributed by atoms with Gasteiger partial charge in [0.05, 0.1) is 10.7 Å². The molecule has 0 radical (unpaired) electrons. The molecule has 0 amide bonds. The summed E-state index contributed by atoms with van der Waals surface area (Å²) >= 11 is 5.74. The number of rotatable bonds is 4. The number of nitrogens with one attached hydrogen (secondary N) is 1. The highest BCUT2D eigenvalue weighted by atomic mass is 35.5. The van der Waals surface area contributed by atoms with E-state index < -0.39 is 0 Å². The van der Waals surface area contributed by atoms with Gasteiger partial charge in [0.25, 0.3) is 0 Å². The van der Waals surface area contributed by atoms with Crippen molar-refractivity contribution < 1.29 is 0 Å². The average Bonchev–Trinajstić information content (AvgIpc) is 2.16. The third-order valence-electron chi connectivity index (χ3n) is 2.20. The van der Waals surface area contributed by atoms with Gasteiger partial charge >= 0.3 is 0 Å². The van der Waals surface area contributed by atoms with Crippen LogP contribution in [-0.2, 0) is 0 Å². The predicted octanol–water partition coefficient (Wildman–Crippen LogP) is 2.78. The van der Waals surface area contributed by atoms with Crippen molar-refractivity contribution in [2.75, 3.05) is 17.6 Å². The quantitative estimate of drug-likeness (QED) is 0.809. The third-order valence-corrected chi connectivity index (χ3v) is 2.41. The normalized spacial score (nSPS) is 12.5. The van der Waals surface area contributed by atoms with Gasteiger partial charge in [-0.3, -0.25) is 0 Å². The summed E-state index contributed by atoms with van der Waals surface area (Å²) in [6.07, 6.45) is 2.73. The smallest absolute Gasteiger partial charge is 0.149 e. The van der Waals surface area contributed by atoms with Crippen molar-refractivity contribution in [1.29, 1.82) is 0 Å². The first-order valence-electron chi connectivity index (χ1n) is 4.78. The molecular weight excluding hydrogens is 198 g/mol. The number of nitrogens with two attached hydrogens (primary N) is 1. The van der Waals surface area contributed by atoms with Gasteiger partial charge in [-0.2, -0.15) is 0 Å². The SMILES string of the molecule is CCC(C)CNc1ncc(Cl)cc1N. The van der Waals surface area contributed by atoms with Crippen LogP contribution in [0.25, 0.3) is 0 Å². The summed E-state index contributed by atoms with van der Waals surface area (Å²) in [6.45, 7) is 5.22. The van der Waals surface area contributed by atoms with E-state index in [2.05, 4.69) is 24.1 Å². The Morgan fingerprint density at radius 1 is 1.64 bits per heavy atom. The number of aromatic nitrogens is 1. The van der Waals surface area contributed by atoms with Gasteiger partial charge in [0.1, 0.15) is 5.82 Å². The van der Waals surface area contributed by atoms with E-state index in [9.17, 15) is 0 Å². The second kappa shape index (κ2) is 5.05. The van der Waals surface area contributed by atoms with E-state index >= 15 is 0 Å². The summed E-state index contributed by atoms with van der Waals surface area (Å²) in [5.41, 5.74) is 6.34. The highest BCUT2D eigenvalue weighted by Crippen LogP contribution is 2.19. The van der Waals surface area contributed by atoms with Crippen LogP contribution in [0.5, 0.6) is 0 Å². The lowest BCUT2D eigenvalue weighted by Gasteiger charge is -2.12. The molecule has 3 N–H and O–H groups in total. The number of nitrogen functional groups attached to an aromatic ring is 1. The van der Waals surface area contributed by atoms with Gasteiger partial charge in [-0.15, -0.1) is 0 Å². The summed E-state index contributed by atoms with van der Waals surface area (Å²) in [5.74, 6) is 1.33. The largest absolute Gasteiger partial charge is 0.396 e. The second-order valence-corrected chi connectivity index (χ2v) is 3.92. The Kier molecular flexibility index (Phi) is 4.01. The molecule has 0 saturated carbocycles. The molecule has 1 aromatic heterocycles. The van der Waals surface area contributed by atoms with E-state index in [1.54, 1.807) is 12.3 Å². The van der Waals surface area contributed by atoms with Crippen LogP contribution in [0.15, 0.2) is 12.3 Å². The van der Waals surface area contributed by atoms with Gasteiger partial charge in [-0.25, -0.2) is 4.98 Å². The number of halogens is 1. The predicted molar refractivity (Wildman–Crippen MR) is 61.6 cm³/mol. The summed E-state index contributed by atoms with van der Waals surface area (Å²) in [4.78, 5) is 4.12. The Labute approximate surface area is 89.7 Å².